The summed E-state index contributed by atoms with van der Waals surface area (Å²) in [5.74, 6) is -0.525. The fraction of sp³-hybridized carbons (Fsp3) is 0.350. The smallest absolute Gasteiger partial charge is 0.296 e. The summed E-state index contributed by atoms with van der Waals surface area (Å²) in [6.45, 7) is 2.81. The molecule has 1 aliphatic rings. The number of rotatable bonds is 6. The van der Waals surface area contributed by atoms with Crippen molar-refractivity contribution in [3.8, 4) is 0 Å². The van der Waals surface area contributed by atoms with Crippen LogP contribution in [0.4, 0.5) is 4.39 Å². The molecule has 1 fully saturated rings. The first kappa shape index (κ1) is 19.5. The highest BCUT2D eigenvalue weighted by molar-refractivity contribution is 7.86. The van der Waals surface area contributed by atoms with Gasteiger partial charge in [-0.15, -0.1) is 0 Å². The minimum Gasteiger partial charge on any atom is -0.345 e. The van der Waals surface area contributed by atoms with Crippen LogP contribution < -0.4 is 0 Å². The van der Waals surface area contributed by atoms with Crippen LogP contribution in [0.3, 0.4) is 0 Å². The van der Waals surface area contributed by atoms with Crippen molar-refractivity contribution in [2.45, 2.75) is 24.2 Å². The summed E-state index contributed by atoms with van der Waals surface area (Å²) in [6, 6.07) is 12.7. The highest BCUT2D eigenvalue weighted by atomic mass is 32.2. The van der Waals surface area contributed by atoms with Gasteiger partial charge in [0.05, 0.1) is 11.5 Å². The van der Waals surface area contributed by atoms with Crippen LogP contribution in [0.15, 0.2) is 53.4 Å². The minimum absolute atomic E-state index is 0.00461. The lowest BCUT2D eigenvalue weighted by molar-refractivity contribution is -0.120. The molecule has 0 bridgehead atoms. The summed E-state index contributed by atoms with van der Waals surface area (Å²) in [7, 11) is -3.88. The quantitative estimate of drug-likeness (QED) is 0.561. The lowest BCUT2D eigenvalue weighted by Crippen LogP contribution is -2.41. The van der Waals surface area contributed by atoms with Gasteiger partial charge in [-0.05, 0) is 49.1 Å². The number of piperidine rings is 1. The van der Waals surface area contributed by atoms with E-state index in [-0.39, 0.29) is 29.2 Å². The standard InChI is InChI=1S/C20H22FNO4S/c1-15-2-8-19(9-3-15)27(24,25)26-13-17-12-22(14-23)11-10-20(17)16-4-6-18(21)7-5-16/h2-9,14,17,20H,10-13H2,1H3/t17-,20?/m0/s1. The van der Waals surface area contributed by atoms with E-state index >= 15 is 0 Å². The molecule has 0 spiro atoms. The van der Waals surface area contributed by atoms with Crippen LogP contribution in [-0.4, -0.2) is 39.4 Å². The summed E-state index contributed by atoms with van der Waals surface area (Å²) < 4.78 is 43.5. The topological polar surface area (TPSA) is 63.7 Å². The van der Waals surface area contributed by atoms with E-state index in [1.54, 1.807) is 29.2 Å². The normalized spacial score (nSPS) is 20.4. The molecule has 1 heterocycles. The van der Waals surface area contributed by atoms with Crippen LogP contribution in [0.25, 0.3) is 0 Å². The molecule has 0 aromatic heterocycles. The van der Waals surface area contributed by atoms with Crippen LogP contribution in [0, 0.1) is 18.7 Å². The van der Waals surface area contributed by atoms with E-state index in [1.165, 1.54) is 24.3 Å². The maximum Gasteiger partial charge on any atom is 0.296 e. The second-order valence-corrected chi connectivity index (χ2v) is 8.47. The van der Waals surface area contributed by atoms with Gasteiger partial charge >= 0.3 is 0 Å². The zero-order valence-electron chi connectivity index (χ0n) is 15.0. The number of nitrogens with zero attached hydrogens (tertiary/aromatic N) is 1. The Balaban J connectivity index is 1.76. The number of halogens is 1. The zero-order valence-corrected chi connectivity index (χ0v) is 15.9. The number of carbonyl (C=O) groups is 1. The Bertz CT molecular complexity index is 881. The van der Waals surface area contributed by atoms with Crippen LogP contribution >= 0.6 is 0 Å². The maximum atomic E-state index is 13.2. The van der Waals surface area contributed by atoms with Crippen molar-refractivity contribution in [1.29, 1.82) is 0 Å². The van der Waals surface area contributed by atoms with Gasteiger partial charge in [-0.3, -0.25) is 8.98 Å². The number of amides is 1. The van der Waals surface area contributed by atoms with Crippen molar-refractivity contribution < 1.29 is 21.8 Å². The van der Waals surface area contributed by atoms with E-state index in [2.05, 4.69) is 0 Å². The molecular formula is C20H22FNO4S. The molecule has 0 radical (unpaired) electrons. The Labute approximate surface area is 158 Å². The van der Waals surface area contributed by atoms with Crippen LogP contribution in [0.5, 0.6) is 0 Å². The summed E-state index contributed by atoms with van der Waals surface area (Å²) in [5.41, 5.74) is 1.88. The third-order valence-electron chi connectivity index (χ3n) is 4.96. The minimum atomic E-state index is -3.88. The molecule has 1 amide bonds. The maximum absolute atomic E-state index is 13.2. The van der Waals surface area contributed by atoms with Gasteiger partial charge in [0.1, 0.15) is 5.82 Å². The van der Waals surface area contributed by atoms with Gasteiger partial charge in [0, 0.05) is 19.0 Å². The molecule has 1 aliphatic heterocycles. The molecular weight excluding hydrogens is 369 g/mol. The Morgan fingerprint density at radius 2 is 1.81 bits per heavy atom. The molecule has 0 N–H and O–H groups in total. The molecule has 144 valence electrons. The van der Waals surface area contributed by atoms with Crippen LogP contribution in [0.1, 0.15) is 23.5 Å². The number of hydrogen-bond donors (Lipinski definition) is 0. The van der Waals surface area contributed by atoms with E-state index in [0.29, 0.717) is 19.5 Å². The van der Waals surface area contributed by atoms with Crippen molar-refractivity contribution in [3.63, 3.8) is 0 Å². The van der Waals surface area contributed by atoms with Gasteiger partial charge in [-0.2, -0.15) is 8.42 Å². The van der Waals surface area contributed by atoms with Crippen molar-refractivity contribution in [3.05, 3.63) is 65.5 Å². The van der Waals surface area contributed by atoms with Crippen molar-refractivity contribution >= 4 is 16.5 Å². The third-order valence-corrected chi connectivity index (χ3v) is 6.26. The molecule has 0 aliphatic carbocycles. The van der Waals surface area contributed by atoms with Crippen LogP contribution in [0.2, 0.25) is 0 Å². The Kier molecular flexibility index (Phi) is 5.92. The molecule has 3 rings (SSSR count). The SMILES string of the molecule is Cc1ccc(S(=O)(=O)OC[C@@H]2CN(C=O)CCC2c2ccc(F)cc2)cc1. The summed E-state index contributed by atoms with van der Waals surface area (Å²) in [5, 5.41) is 0. The first-order chi connectivity index (χ1) is 12.9. The first-order valence-electron chi connectivity index (χ1n) is 8.80. The number of benzene rings is 2. The fourth-order valence-electron chi connectivity index (χ4n) is 3.42. The summed E-state index contributed by atoms with van der Waals surface area (Å²) in [6.07, 6.45) is 1.44. The van der Waals surface area contributed by atoms with Gasteiger partial charge in [0.15, 0.2) is 0 Å². The molecule has 5 nitrogen and oxygen atoms in total. The van der Waals surface area contributed by atoms with E-state index in [0.717, 1.165) is 17.5 Å². The molecule has 1 saturated heterocycles. The Hall–Kier alpha value is -2.25. The molecule has 0 saturated carbocycles. The third kappa shape index (κ3) is 4.73. The molecule has 2 aromatic carbocycles. The molecule has 27 heavy (non-hydrogen) atoms. The molecule has 2 aromatic rings. The second-order valence-electron chi connectivity index (χ2n) is 6.86. The number of aryl methyl sites for hydroxylation is 1. The van der Waals surface area contributed by atoms with Gasteiger partial charge in [-0.25, -0.2) is 4.39 Å². The van der Waals surface area contributed by atoms with Gasteiger partial charge in [0.2, 0.25) is 6.41 Å². The molecule has 2 atom stereocenters. The lowest BCUT2D eigenvalue weighted by Gasteiger charge is -2.36. The lowest BCUT2D eigenvalue weighted by atomic mass is 9.81. The molecule has 1 unspecified atom stereocenters. The monoisotopic (exact) mass is 391 g/mol. The van der Waals surface area contributed by atoms with Crippen molar-refractivity contribution in [2.24, 2.45) is 5.92 Å². The summed E-state index contributed by atoms with van der Waals surface area (Å²) in [4.78, 5) is 12.9. The average Bonchev–Trinajstić information content (AvgIpc) is 2.67. The average molecular weight is 391 g/mol. The van der Waals surface area contributed by atoms with Crippen LogP contribution in [-0.2, 0) is 19.1 Å². The zero-order chi connectivity index (χ0) is 19.4. The van der Waals surface area contributed by atoms with Crippen molar-refractivity contribution in [2.75, 3.05) is 19.7 Å². The van der Waals surface area contributed by atoms with Gasteiger partial charge in [0.25, 0.3) is 10.1 Å². The molecule has 7 heteroatoms. The number of hydrogen-bond acceptors (Lipinski definition) is 4. The Morgan fingerprint density at radius 3 is 2.44 bits per heavy atom. The van der Waals surface area contributed by atoms with Gasteiger partial charge in [-0.1, -0.05) is 29.8 Å². The highest BCUT2D eigenvalue weighted by Gasteiger charge is 2.31. The number of likely N-dealkylation sites (tertiary alicyclic amines) is 1. The highest BCUT2D eigenvalue weighted by Crippen LogP contribution is 2.33. The van der Waals surface area contributed by atoms with E-state index in [1.807, 2.05) is 6.92 Å². The van der Waals surface area contributed by atoms with Crippen molar-refractivity contribution in [1.82, 2.24) is 4.90 Å². The fourth-order valence-corrected chi connectivity index (χ4v) is 4.38. The van der Waals surface area contributed by atoms with E-state index in [4.69, 9.17) is 4.18 Å². The first-order valence-corrected chi connectivity index (χ1v) is 10.2. The second kappa shape index (κ2) is 8.19. The Morgan fingerprint density at radius 1 is 1.15 bits per heavy atom. The van der Waals surface area contributed by atoms with E-state index in [9.17, 15) is 17.6 Å². The van der Waals surface area contributed by atoms with E-state index < -0.39 is 10.1 Å². The predicted octanol–water partition coefficient (Wildman–Crippen LogP) is 3.10. The largest absolute Gasteiger partial charge is 0.345 e. The predicted molar refractivity (Wildman–Crippen MR) is 99.2 cm³/mol. The number of carbonyl (C=O) groups excluding carboxylic acids is 1. The van der Waals surface area contributed by atoms with Gasteiger partial charge < -0.3 is 4.90 Å². The summed E-state index contributed by atoms with van der Waals surface area (Å²) >= 11 is 0.